The lowest BCUT2D eigenvalue weighted by Gasteiger charge is -2.31. The second kappa shape index (κ2) is 5.76. The Kier molecular flexibility index (Phi) is 5.84. The van der Waals surface area contributed by atoms with Gasteiger partial charge in [-0.3, -0.25) is 0 Å². The Morgan fingerprint density at radius 3 is 2.00 bits per heavy atom. The van der Waals surface area contributed by atoms with E-state index in [1.54, 1.807) is 0 Å². The van der Waals surface area contributed by atoms with Crippen molar-refractivity contribution in [1.29, 1.82) is 0 Å². The van der Waals surface area contributed by atoms with Crippen LogP contribution in [0.1, 0.15) is 53.4 Å². The summed E-state index contributed by atoms with van der Waals surface area (Å²) in [5.41, 5.74) is 0.219. The predicted molar refractivity (Wildman–Crippen MR) is 58.4 cm³/mol. The van der Waals surface area contributed by atoms with Gasteiger partial charge in [0.2, 0.25) is 0 Å². The maximum absolute atomic E-state index is 5.73. The second-order valence-corrected chi connectivity index (χ2v) is 4.44. The summed E-state index contributed by atoms with van der Waals surface area (Å²) in [6.45, 7) is 9.04. The Balaban J connectivity index is 3.93. The Morgan fingerprint density at radius 1 is 1.25 bits per heavy atom. The summed E-state index contributed by atoms with van der Waals surface area (Å²) in [7, 11) is 0.875. The molecule has 0 aliphatic carbocycles. The van der Waals surface area contributed by atoms with Crippen molar-refractivity contribution in [3.05, 3.63) is 0 Å². The van der Waals surface area contributed by atoms with Crippen molar-refractivity contribution in [3.8, 4) is 0 Å². The molecule has 0 unspecified atom stereocenters. The molecule has 0 radical (unpaired) electrons. The van der Waals surface area contributed by atoms with Gasteiger partial charge in [0.05, 0.1) is 5.60 Å². The molecule has 0 fully saturated rings. The van der Waals surface area contributed by atoms with E-state index >= 15 is 0 Å². The van der Waals surface area contributed by atoms with Crippen LogP contribution in [0.3, 0.4) is 0 Å². The highest BCUT2D eigenvalue weighted by Gasteiger charge is 2.24. The summed E-state index contributed by atoms with van der Waals surface area (Å²) in [5.74, 6) is 0.805. The van der Waals surface area contributed by atoms with Gasteiger partial charge in [-0.2, -0.15) is 0 Å². The zero-order chi connectivity index (χ0) is 9.61. The van der Waals surface area contributed by atoms with Crippen LogP contribution in [0.15, 0.2) is 0 Å². The molecule has 0 N–H and O–H groups in total. The molecule has 0 amide bonds. The zero-order valence-corrected chi connectivity index (χ0v) is 11.3. The molecule has 12 heavy (non-hydrogen) atoms. The molecule has 0 saturated heterocycles. The van der Waals surface area contributed by atoms with Gasteiger partial charge in [0.1, 0.15) is 10.5 Å². The van der Waals surface area contributed by atoms with Gasteiger partial charge in [-0.25, -0.2) is 0 Å². The van der Waals surface area contributed by atoms with Gasteiger partial charge in [0.15, 0.2) is 0 Å². The lowest BCUT2D eigenvalue weighted by atomic mass is 9.89. The fraction of sp³-hybridized carbons (Fsp3) is 1.00. The average molecular weight is 188 g/mol. The molecule has 0 spiro atoms. The maximum Gasteiger partial charge on any atom is 0.146 e. The zero-order valence-electron chi connectivity index (χ0n) is 9.31. The molecule has 0 bridgehead atoms. The van der Waals surface area contributed by atoms with Crippen LogP contribution in [0.4, 0.5) is 0 Å². The van der Waals surface area contributed by atoms with E-state index in [2.05, 4.69) is 27.7 Å². The minimum absolute atomic E-state index is 0.219. The Bertz CT molecular complexity index is 100. The summed E-state index contributed by atoms with van der Waals surface area (Å²) >= 11 is 0. The van der Waals surface area contributed by atoms with E-state index in [1.807, 2.05) is 0 Å². The highest BCUT2D eigenvalue weighted by atomic mass is 28.2. The molecule has 0 aliphatic rings. The van der Waals surface area contributed by atoms with E-state index in [-0.39, 0.29) is 5.60 Å². The molecule has 0 saturated carbocycles. The minimum atomic E-state index is 0.219. The first-order chi connectivity index (χ1) is 5.60. The van der Waals surface area contributed by atoms with E-state index in [4.69, 9.17) is 4.43 Å². The maximum atomic E-state index is 5.73. The molecule has 1 nitrogen and oxygen atoms in total. The van der Waals surface area contributed by atoms with Crippen LogP contribution < -0.4 is 0 Å². The molecule has 0 rings (SSSR count). The van der Waals surface area contributed by atoms with E-state index in [1.165, 1.54) is 25.7 Å². The SMILES string of the molecule is CCC(CC)(CCC(C)C)O[SiH3]. The molecule has 74 valence electrons. The molecule has 0 heterocycles. The van der Waals surface area contributed by atoms with Crippen LogP contribution in [0.2, 0.25) is 0 Å². The third-order valence-electron chi connectivity index (χ3n) is 2.90. The van der Waals surface area contributed by atoms with E-state index in [0.29, 0.717) is 0 Å². The molecule has 2 heteroatoms. The monoisotopic (exact) mass is 188 g/mol. The normalized spacial score (nSPS) is 12.8. The van der Waals surface area contributed by atoms with Crippen LogP contribution in [0.25, 0.3) is 0 Å². The van der Waals surface area contributed by atoms with Crippen molar-refractivity contribution in [1.82, 2.24) is 0 Å². The second-order valence-electron chi connectivity index (χ2n) is 4.03. The van der Waals surface area contributed by atoms with Crippen LogP contribution in [0, 0.1) is 5.92 Å². The number of hydrogen-bond acceptors (Lipinski definition) is 1. The summed E-state index contributed by atoms with van der Waals surface area (Å²) in [4.78, 5) is 0. The first kappa shape index (κ1) is 12.2. The molecular weight excluding hydrogens is 164 g/mol. The van der Waals surface area contributed by atoms with Crippen molar-refractivity contribution < 1.29 is 4.43 Å². The number of rotatable bonds is 6. The van der Waals surface area contributed by atoms with Gasteiger partial charge in [-0.05, 0) is 31.6 Å². The van der Waals surface area contributed by atoms with Crippen LogP contribution in [-0.4, -0.2) is 16.1 Å². The largest absolute Gasteiger partial charge is 0.422 e. The first-order valence-corrected chi connectivity index (χ1v) is 5.97. The van der Waals surface area contributed by atoms with Crippen molar-refractivity contribution >= 4 is 10.5 Å². The van der Waals surface area contributed by atoms with Gasteiger partial charge < -0.3 is 4.43 Å². The molecule has 0 aromatic rings. The van der Waals surface area contributed by atoms with Gasteiger partial charge in [-0.1, -0.05) is 27.7 Å². The van der Waals surface area contributed by atoms with E-state index < -0.39 is 0 Å². The standard InChI is InChI=1S/C10H24OSi/c1-5-10(6-2,11-12)8-7-9(3)4/h9H,5-8H2,1-4,12H3. The molecule has 0 aromatic carbocycles. The Morgan fingerprint density at radius 2 is 1.75 bits per heavy atom. The van der Waals surface area contributed by atoms with Crippen LogP contribution in [-0.2, 0) is 4.43 Å². The topological polar surface area (TPSA) is 9.23 Å². The fourth-order valence-corrected chi connectivity index (χ4v) is 2.33. The summed E-state index contributed by atoms with van der Waals surface area (Å²) in [6, 6.07) is 0. The third kappa shape index (κ3) is 3.72. The Hall–Kier alpha value is 0.177. The number of hydrogen-bond donors (Lipinski definition) is 0. The van der Waals surface area contributed by atoms with Crippen LogP contribution in [0.5, 0.6) is 0 Å². The summed E-state index contributed by atoms with van der Waals surface area (Å²) in [6.07, 6.45) is 4.87. The summed E-state index contributed by atoms with van der Waals surface area (Å²) in [5, 5.41) is 0. The van der Waals surface area contributed by atoms with E-state index in [9.17, 15) is 0 Å². The highest BCUT2D eigenvalue weighted by Crippen LogP contribution is 2.26. The molecule has 0 aliphatic heterocycles. The van der Waals surface area contributed by atoms with Gasteiger partial charge >= 0.3 is 0 Å². The van der Waals surface area contributed by atoms with Gasteiger partial charge in [0.25, 0.3) is 0 Å². The first-order valence-electron chi connectivity index (χ1n) is 5.15. The lowest BCUT2D eigenvalue weighted by Crippen LogP contribution is -2.30. The molecule has 0 aromatic heterocycles. The fourth-order valence-electron chi connectivity index (χ4n) is 1.55. The van der Waals surface area contributed by atoms with Gasteiger partial charge in [0, 0.05) is 0 Å². The highest BCUT2D eigenvalue weighted by molar-refractivity contribution is 5.98. The predicted octanol–water partition coefficient (Wildman–Crippen LogP) is 2.28. The third-order valence-corrected chi connectivity index (χ3v) is 3.77. The van der Waals surface area contributed by atoms with E-state index in [0.717, 1.165) is 16.4 Å². The Labute approximate surface area is 80.4 Å². The van der Waals surface area contributed by atoms with Crippen molar-refractivity contribution in [3.63, 3.8) is 0 Å². The summed E-state index contributed by atoms with van der Waals surface area (Å²) < 4.78 is 5.73. The lowest BCUT2D eigenvalue weighted by molar-refractivity contribution is 0.0554. The van der Waals surface area contributed by atoms with Crippen LogP contribution >= 0.6 is 0 Å². The smallest absolute Gasteiger partial charge is 0.146 e. The van der Waals surface area contributed by atoms with Crippen molar-refractivity contribution in [2.75, 3.05) is 0 Å². The average Bonchev–Trinajstić information content (AvgIpc) is 2.08. The van der Waals surface area contributed by atoms with Gasteiger partial charge in [-0.15, -0.1) is 0 Å². The van der Waals surface area contributed by atoms with Crippen molar-refractivity contribution in [2.24, 2.45) is 5.92 Å². The quantitative estimate of drug-likeness (QED) is 0.581. The molecular formula is C10H24OSi. The molecule has 0 atom stereocenters. The minimum Gasteiger partial charge on any atom is -0.422 e. The van der Waals surface area contributed by atoms with Crippen molar-refractivity contribution in [2.45, 2.75) is 59.0 Å².